The Balaban J connectivity index is 2.07. The summed E-state index contributed by atoms with van der Waals surface area (Å²) in [4.78, 5) is 29.9. The summed E-state index contributed by atoms with van der Waals surface area (Å²) in [5.41, 5.74) is 1.37. The van der Waals surface area contributed by atoms with E-state index in [-0.39, 0.29) is 29.1 Å². The van der Waals surface area contributed by atoms with Crippen molar-refractivity contribution in [2.45, 2.75) is 6.42 Å². The molecule has 6 heteroatoms. The summed E-state index contributed by atoms with van der Waals surface area (Å²) >= 11 is 0. The average molecular weight is 298 g/mol. The van der Waals surface area contributed by atoms with Gasteiger partial charge in [-0.05, 0) is 35.9 Å². The van der Waals surface area contributed by atoms with Crippen molar-refractivity contribution in [2.24, 2.45) is 0 Å². The highest BCUT2D eigenvalue weighted by Gasteiger charge is 2.09. The van der Waals surface area contributed by atoms with Crippen molar-refractivity contribution in [1.29, 1.82) is 0 Å². The van der Waals surface area contributed by atoms with E-state index >= 15 is 0 Å². The van der Waals surface area contributed by atoms with Crippen LogP contribution in [0.15, 0.2) is 47.3 Å². The summed E-state index contributed by atoms with van der Waals surface area (Å²) in [7, 11) is 0. The number of nitrogens with one attached hydrogen (secondary N) is 1. The minimum Gasteiger partial charge on any atom is -0.478 e. The number of halogens is 1. The zero-order valence-corrected chi connectivity index (χ0v) is 11.3. The topological polar surface area (TPSA) is 83.0 Å². The first-order valence-electron chi connectivity index (χ1n) is 6.53. The molecule has 0 spiro atoms. The lowest BCUT2D eigenvalue weighted by molar-refractivity contribution is 0.0697. The normalized spacial score (nSPS) is 10.8. The van der Waals surface area contributed by atoms with Gasteiger partial charge in [0.2, 0.25) is 0 Å². The molecule has 1 heterocycles. The van der Waals surface area contributed by atoms with Gasteiger partial charge in [-0.2, -0.15) is 0 Å². The quantitative estimate of drug-likeness (QED) is 0.777. The van der Waals surface area contributed by atoms with E-state index < -0.39 is 5.97 Å². The maximum Gasteiger partial charge on any atom is 0.335 e. The van der Waals surface area contributed by atoms with E-state index in [1.165, 1.54) is 30.3 Å². The zero-order valence-electron chi connectivity index (χ0n) is 11.3. The molecule has 0 unspecified atom stereocenters. The lowest BCUT2D eigenvalue weighted by atomic mass is 10.1. The molecule has 0 aliphatic heterocycles. The van der Waals surface area contributed by atoms with E-state index in [2.05, 4.69) is 9.97 Å². The van der Waals surface area contributed by atoms with Crippen molar-refractivity contribution >= 4 is 17.0 Å². The van der Waals surface area contributed by atoms with Gasteiger partial charge in [0, 0.05) is 6.42 Å². The lowest BCUT2D eigenvalue weighted by Gasteiger charge is -2.04. The maximum absolute atomic E-state index is 13.2. The molecule has 3 aromatic rings. The minimum atomic E-state index is -1.07. The van der Waals surface area contributed by atoms with E-state index in [1.807, 2.05) is 0 Å². The fourth-order valence-corrected chi connectivity index (χ4v) is 2.21. The lowest BCUT2D eigenvalue weighted by Crippen LogP contribution is -2.16. The Morgan fingerprint density at radius 2 is 2.05 bits per heavy atom. The first kappa shape index (κ1) is 13.9. The number of nitrogens with zero attached hydrogens (tertiary/aromatic N) is 1. The third kappa shape index (κ3) is 2.71. The van der Waals surface area contributed by atoms with E-state index in [0.29, 0.717) is 16.6 Å². The summed E-state index contributed by atoms with van der Waals surface area (Å²) in [6.07, 6.45) is 0.167. The van der Waals surface area contributed by atoms with E-state index in [1.54, 1.807) is 12.1 Å². The molecule has 22 heavy (non-hydrogen) atoms. The van der Waals surface area contributed by atoms with Crippen LogP contribution in [0.4, 0.5) is 4.39 Å². The molecule has 5 nitrogen and oxygen atoms in total. The third-order valence-corrected chi connectivity index (χ3v) is 3.27. The number of hydrogen-bond donors (Lipinski definition) is 2. The number of carbonyl (C=O) groups is 1. The van der Waals surface area contributed by atoms with Crippen LogP contribution in [-0.4, -0.2) is 21.0 Å². The fraction of sp³-hybridized carbons (Fsp3) is 0.0625. The van der Waals surface area contributed by atoms with Crippen LogP contribution in [0.25, 0.3) is 11.0 Å². The van der Waals surface area contributed by atoms with Crippen LogP contribution in [0.5, 0.6) is 0 Å². The monoisotopic (exact) mass is 298 g/mol. The van der Waals surface area contributed by atoms with Gasteiger partial charge in [0.15, 0.2) is 0 Å². The molecule has 0 aliphatic rings. The standard InChI is InChI=1S/C16H11FN2O3/c17-11-3-1-2-9(6-11)7-14-15(20)19-12-5-4-10(16(21)22)8-13(12)18-14/h1-6,8H,7H2,(H,19,20)(H,21,22). The van der Waals surface area contributed by atoms with Crippen LogP contribution in [0.3, 0.4) is 0 Å². The minimum absolute atomic E-state index is 0.0868. The summed E-state index contributed by atoms with van der Waals surface area (Å²) < 4.78 is 13.2. The van der Waals surface area contributed by atoms with Crippen LogP contribution >= 0.6 is 0 Å². The maximum atomic E-state index is 13.2. The van der Waals surface area contributed by atoms with E-state index in [9.17, 15) is 14.0 Å². The number of benzene rings is 2. The molecule has 2 aromatic carbocycles. The summed E-state index contributed by atoms with van der Waals surface area (Å²) in [6, 6.07) is 10.2. The Morgan fingerprint density at radius 3 is 2.77 bits per heavy atom. The molecule has 0 atom stereocenters. The van der Waals surface area contributed by atoms with Gasteiger partial charge < -0.3 is 10.1 Å². The van der Waals surface area contributed by atoms with Gasteiger partial charge in [0.05, 0.1) is 16.6 Å². The highest BCUT2D eigenvalue weighted by molar-refractivity contribution is 5.92. The molecule has 110 valence electrons. The number of carboxylic acids is 1. The molecular formula is C16H11FN2O3. The summed E-state index contributed by atoms with van der Waals surface area (Å²) in [5.74, 6) is -1.45. The van der Waals surface area contributed by atoms with Gasteiger partial charge in [-0.25, -0.2) is 14.2 Å². The SMILES string of the molecule is O=C(O)c1ccc2[nH]c(=O)c(Cc3cccc(F)c3)nc2c1. The van der Waals surface area contributed by atoms with Gasteiger partial charge in [-0.1, -0.05) is 12.1 Å². The third-order valence-electron chi connectivity index (χ3n) is 3.27. The van der Waals surface area contributed by atoms with Crippen LogP contribution in [-0.2, 0) is 6.42 Å². The van der Waals surface area contributed by atoms with Gasteiger partial charge >= 0.3 is 5.97 Å². The molecule has 0 bridgehead atoms. The number of aromatic amines is 1. The van der Waals surface area contributed by atoms with Crippen LogP contribution in [0, 0.1) is 5.82 Å². The van der Waals surface area contributed by atoms with E-state index in [0.717, 1.165) is 0 Å². The Morgan fingerprint density at radius 1 is 1.23 bits per heavy atom. The predicted molar refractivity (Wildman–Crippen MR) is 78.5 cm³/mol. The summed E-state index contributed by atoms with van der Waals surface area (Å²) in [5, 5.41) is 8.99. The molecular weight excluding hydrogens is 287 g/mol. The Kier molecular flexibility index (Phi) is 3.42. The van der Waals surface area contributed by atoms with E-state index in [4.69, 9.17) is 5.11 Å². The van der Waals surface area contributed by atoms with Crippen molar-refractivity contribution in [2.75, 3.05) is 0 Å². The molecule has 0 radical (unpaired) electrons. The van der Waals surface area contributed by atoms with Crippen LogP contribution in [0.1, 0.15) is 21.6 Å². The molecule has 0 fully saturated rings. The second-order valence-electron chi connectivity index (χ2n) is 4.86. The van der Waals surface area contributed by atoms with Crippen molar-refractivity contribution in [3.63, 3.8) is 0 Å². The molecule has 0 amide bonds. The average Bonchev–Trinajstić information content (AvgIpc) is 2.47. The number of rotatable bonds is 3. The molecule has 0 aliphatic carbocycles. The van der Waals surface area contributed by atoms with Crippen molar-refractivity contribution in [3.8, 4) is 0 Å². The van der Waals surface area contributed by atoms with Gasteiger partial charge in [0.1, 0.15) is 11.5 Å². The highest BCUT2D eigenvalue weighted by atomic mass is 19.1. The molecule has 0 saturated carbocycles. The highest BCUT2D eigenvalue weighted by Crippen LogP contribution is 2.13. The van der Waals surface area contributed by atoms with Crippen LogP contribution in [0.2, 0.25) is 0 Å². The second-order valence-corrected chi connectivity index (χ2v) is 4.86. The number of carboxylic acid groups (broad SMARTS) is 1. The largest absolute Gasteiger partial charge is 0.478 e. The predicted octanol–water partition coefficient (Wildman–Crippen LogP) is 2.35. The summed E-state index contributed by atoms with van der Waals surface area (Å²) in [6.45, 7) is 0. The van der Waals surface area contributed by atoms with Gasteiger partial charge in [0.25, 0.3) is 5.56 Å². The Labute approximate surface area is 124 Å². The van der Waals surface area contributed by atoms with Crippen LogP contribution < -0.4 is 5.56 Å². The number of aromatic nitrogens is 2. The Bertz CT molecular complexity index is 934. The fourth-order valence-electron chi connectivity index (χ4n) is 2.21. The Hall–Kier alpha value is -3.02. The van der Waals surface area contributed by atoms with Crippen molar-refractivity contribution in [3.05, 3.63) is 75.5 Å². The number of H-pyrrole nitrogens is 1. The van der Waals surface area contributed by atoms with Gasteiger partial charge in [-0.15, -0.1) is 0 Å². The first-order valence-corrected chi connectivity index (χ1v) is 6.53. The van der Waals surface area contributed by atoms with Crippen molar-refractivity contribution < 1.29 is 14.3 Å². The molecule has 1 aromatic heterocycles. The smallest absolute Gasteiger partial charge is 0.335 e. The molecule has 2 N–H and O–H groups in total. The first-order chi connectivity index (χ1) is 10.5. The number of fused-ring (bicyclic) bond motifs is 1. The van der Waals surface area contributed by atoms with Crippen molar-refractivity contribution in [1.82, 2.24) is 9.97 Å². The molecule has 0 saturated heterocycles. The number of aromatic carboxylic acids is 1. The number of hydrogen-bond acceptors (Lipinski definition) is 3. The molecule has 3 rings (SSSR count). The van der Waals surface area contributed by atoms with Gasteiger partial charge in [-0.3, -0.25) is 4.79 Å². The second kappa shape index (κ2) is 5.40. The zero-order chi connectivity index (χ0) is 15.7.